The molecule has 0 fully saturated rings. The van der Waals surface area contributed by atoms with E-state index in [0.29, 0.717) is 18.8 Å². The fourth-order valence-corrected chi connectivity index (χ4v) is 4.28. The molecule has 1 aromatic carbocycles. The van der Waals surface area contributed by atoms with Crippen molar-refractivity contribution in [1.82, 2.24) is 14.1 Å². The second kappa shape index (κ2) is 6.61. The van der Waals surface area contributed by atoms with Gasteiger partial charge < -0.3 is 4.90 Å². The van der Waals surface area contributed by atoms with Gasteiger partial charge in [0.25, 0.3) is 0 Å². The predicted octanol–water partition coefficient (Wildman–Crippen LogP) is 1.63. The Morgan fingerprint density at radius 2 is 2.08 bits per heavy atom. The standard InChI is InChI=1S/C17H22N4O3S/c1-4-21-15(7-9-18-21)12-19(3)25(23,24)16-6-5-14-8-10-20(13(2)22)17(14)11-16/h5-7,9,11H,4,8,10,12H2,1-3H3. The van der Waals surface area contributed by atoms with E-state index in [-0.39, 0.29) is 17.3 Å². The van der Waals surface area contributed by atoms with E-state index in [1.807, 2.05) is 13.0 Å². The summed E-state index contributed by atoms with van der Waals surface area (Å²) in [6, 6.07) is 6.84. The van der Waals surface area contributed by atoms with Gasteiger partial charge in [0.05, 0.1) is 17.1 Å². The molecule has 3 rings (SSSR count). The average molecular weight is 362 g/mol. The number of benzene rings is 1. The van der Waals surface area contributed by atoms with Crippen LogP contribution >= 0.6 is 0 Å². The molecule has 1 aliphatic heterocycles. The summed E-state index contributed by atoms with van der Waals surface area (Å²) in [5.41, 5.74) is 2.53. The summed E-state index contributed by atoms with van der Waals surface area (Å²) >= 11 is 0. The van der Waals surface area contributed by atoms with Crippen LogP contribution in [0.25, 0.3) is 0 Å². The molecule has 1 aromatic heterocycles. The molecule has 0 atom stereocenters. The third-order valence-corrected chi connectivity index (χ3v) is 6.33. The number of hydrogen-bond donors (Lipinski definition) is 0. The Kier molecular flexibility index (Phi) is 4.66. The molecule has 0 radical (unpaired) electrons. The summed E-state index contributed by atoms with van der Waals surface area (Å²) in [4.78, 5) is 13.6. The van der Waals surface area contributed by atoms with Crippen LogP contribution in [0.5, 0.6) is 0 Å². The van der Waals surface area contributed by atoms with Crippen molar-refractivity contribution in [3.8, 4) is 0 Å². The van der Waals surface area contributed by atoms with E-state index < -0.39 is 10.0 Å². The van der Waals surface area contributed by atoms with Crippen molar-refractivity contribution < 1.29 is 13.2 Å². The minimum absolute atomic E-state index is 0.0755. The molecule has 7 nitrogen and oxygen atoms in total. The highest BCUT2D eigenvalue weighted by Crippen LogP contribution is 2.31. The maximum atomic E-state index is 12.9. The molecule has 2 heterocycles. The van der Waals surface area contributed by atoms with Gasteiger partial charge in [0.1, 0.15) is 0 Å². The van der Waals surface area contributed by atoms with Crippen LogP contribution in [0.15, 0.2) is 35.4 Å². The molecule has 2 aromatic rings. The van der Waals surface area contributed by atoms with Crippen molar-refractivity contribution in [2.75, 3.05) is 18.5 Å². The van der Waals surface area contributed by atoms with Gasteiger partial charge in [-0.05, 0) is 37.1 Å². The first-order valence-corrected chi connectivity index (χ1v) is 9.66. The molecule has 8 heteroatoms. The number of hydrogen-bond acceptors (Lipinski definition) is 4. The summed E-state index contributed by atoms with van der Waals surface area (Å²) in [7, 11) is -2.10. The highest BCUT2D eigenvalue weighted by Gasteiger charge is 2.27. The maximum Gasteiger partial charge on any atom is 0.243 e. The largest absolute Gasteiger partial charge is 0.312 e. The lowest BCUT2D eigenvalue weighted by atomic mass is 10.2. The van der Waals surface area contributed by atoms with Gasteiger partial charge in [-0.2, -0.15) is 9.40 Å². The van der Waals surface area contributed by atoms with Gasteiger partial charge in [0, 0.05) is 38.9 Å². The van der Waals surface area contributed by atoms with Gasteiger partial charge in [0.2, 0.25) is 15.9 Å². The van der Waals surface area contributed by atoms with E-state index >= 15 is 0 Å². The summed E-state index contributed by atoms with van der Waals surface area (Å²) in [5.74, 6) is -0.0755. The number of aromatic nitrogens is 2. The molecule has 0 N–H and O–H groups in total. The predicted molar refractivity (Wildman–Crippen MR) is 94.7 cm³/mol. The number of fused-ring (bicyclic) bond motifs is 1. The second-order valence-electron chi connectivity index (χ2n) is 6.11. The van der Waals surface area contributed by atoms with Crippen LogP contribution in [0.2, 0.25) is 0 Å². The molecular weight excluding hydrogens is 340 g/mol. The lowest BCUT2D eigenvalue weighted by molar-refractivity contribution is -0.116. The van der Waals surface area contributed by atoms with Crippen molar-refractivity contribution in [2.45, 2.75) is 38.3 Å². The smallest absolute Gasteiger partial charge is 0.243 e. The lowest BCUT2D eigenvalue weighted by Gasteiger charge is -2.20. The highest BCUT2D eigenvalue weighted by molar-refractivity contribution is 7.89. The number of carbonyl (C=O) groups is 1. The van der Waals surface area contributed by atoms with Gasteiger partial charge in [-0.15, -0.1) is 0 Å². The zero-order valence-corrected chi connectivity index (χ0v) is 15.5. The fourth-order valence-electron chi connectivity index (χ4n) is 3.12. The summed E-state index contributed by atoms with van der Waals surface area (Å²) < 4.78 is 28.9. The molecule has 134 valence electrons. The Morgan fingerprint density at radius 1 is 1.32 bits per heavy atom. The number of nitrogens with zero attached hydrogens (tertiary/aromatic N) is 4. The van der Waals surface area contributed by atoms with Crippen LogP contribution in [0.4, 0.5) is 5.69 Å². The Bertz CT molecular complexity index is 904. The van der Waals surface area contributed by atoms with Gasteiger partial charge >= 0.3 is 0 Å². The molecule has 0 spiro atoms. The molecule has 25 heavy (non-hydrogen) atoms. The first-order valence-electron chi connectivity index (χ1n) is 8.22. The van der Waals surface area contributed by atoms with Crippen LogP contribution < -0.4 is 4.90 Å². The topological polar surface area (TPSA) is 75.5 Å². The first kappa shape index (κ1) is 17.6. The monoisotopic (exact) mass is 362 g/mol. The fraction of sp³-hybridized carbons (Fsp3) is 0.412. The van der Waals surface area contributed by atoms with Crippen molar-refractivity contribution in [2.24, 2.45) is 0 Å². The van der Waals surface area contributed by atoms with E-state index in [4.69, 9.17) is 0 Å². The van der Waals surface area contributed by atoms with Gasteiger partial charge in [-0.3, -0.25) is 9.48 Å². The third kappa shape index (κ3) is 3.19. The van der Waals surface area contributed by atoms with E-state index in [1.54, 1.807) is 41.0 Å². The highest BCUT2D eigenvalue weighted by atomic mass is 32.2. The van der Waals surface area contributed by atoms with Crippen molar-refractivity contribution in [3.05, 3.63) is 41.7 Å². The number of amides is 1. The van der Waals surface area contributed by atoms with E-state index in [2.05, 4.69) is 5.10 Å². The van der Waals surface area contributed by atoms with Crippen molar-refractivity contribution >= 4 is 21.6 Å². The van der Waals surface area contributed by atoms with Gasteiger partial charge in [0.15, 0.2) is 0 Å². The van der Waals surface area contributed by atoms with Crippen LogP contribution in [-0.2, 0) is 34.3 Å². The van der Waals surface area contributed by atoms with Crippen LogP contribution in [0.3, 0.4) is 0 Å². The summed E-state index contributed by atoms with van der Waals surface area (Å²) in [6.07, 6.45) is 2.42. The molecule has 1 aliphatic rings. The Morgan fingerprint density at radius 3 is 2.76 bits per heavy atom. The molecule has 0 unspecified atom stereocenters. The molecule has 0 saturated carbocycles. The number of rotatable bonds is 5. The van der Waals surface area contributed by atoms with E-state index in [1.165, 1.54) is 11.2 Å². The molecule has 1 amide bonds. The first-order chi connectivity index (χ1) is 11.8. The third-order valence-electron chi connectivity index (χ3n) is 4.53. The van der Waals surface area contributed by atoms with E-state index in [9.17, 15) is 13.2 Å². The van der Waals surface area contributed by atoms with Crippen LogP contribution in [0, 0.1) is 0 Å². The van der Waals surface area contributed by atoms with E-state index in [0.717, 1.165) is 17.7 Å². The summed E-state index contributed by atoms with van der Waals surface area (Å²) in [5, 5.41) is 4.17. The number of anilines is 1. The van der Waals surface area contributed by atoms with Crippen molar-refractivity contribution in [3.63, 3.8) is 0 Å². The van der Waals surface area contributed by atoms with Crippen LogP contribution in [0.1, 0.15) is 25.1 Å². The van der Waals surface area contributed by atoms with Crippen molar-refractivity contribution in [1.29, 1.82) is 0 Å². The van der Waals surface area contributed by atoms with Gasteiger partial charge in [-0.25, -0.2) is 8.42 Å². The van der Waals surface area contributed by atoms with Gasteiger partial charge in [-0.1, -0.05) is 6.07 Å². The number of carbonyl (C=O) groups excluding carboxylic acids is 1. The Labute approximate surface area is 147 Å². The average Bonchev–Trinajstić information content (AvgIpc) is 3.19. The Hall–Kier alpha value is -2.19. The second-order valence-corrected chi connectivity index (χ2v) is 8.16. The SMILES string of the molecule is CCn1nccc1CN(C)S(=O)(=O)c1ccc2c(c1)N(C(C)=O)CC2. The molecule has 0 bridgehead atoms. The minimum Gasteiger partial charge on any atom is -0.312 e. The zero-order chi connectivity index (χ0) is 18.2. The molecular formula is C17H22N4O3S. The number of sulfonamides is 1. The molecule has 0 aliphatic carbocycles. The number of aryl methyl sites for hydroxylation is 1. The minimum atomic E-state index is -3.66. The Balaban J connectivity index is 1.90. The normalized spacial score (nSPS) is 14.2. The summed E-state index contributed by atoms with van der Waals surface area (Å²) in [6.45, 7) is 4.97. The van der Waals surface area contributed by atoms with Crippen LogP contribution in [-0.4, -0.2) is 42.0 Å². The molecule has 0 saturated heterocycles. The maximum absolute atomic E-state index is 12.9. The quantitative estimate of drug-likeness (QED) is 0.810. The zero-order valence-electron chi connectivity index (χ0n) is 14.6. The lowest BCUT2D eigenvalue weighted by Crippen LogP contribution is -2.28.